The molecule has 2 rings (SSSR count). The predicted octanol–water partition coefficient (Wildman–Crippen LogP) is 4.89. The first-order chi connectivity index (χ1) is 8.56. The fourth-order valence-electron chi connectivity index (χ4n) is 2.57. The smallest absolute Gasteiger partial charge is 0.0745 e. The van der Waals surface area contributed by atoms with Crippen LogP contribution in [0.5, 0.6) is 0 Å². The lowest BCUT2D eigenvalue weighted by atomic mass is 9.99. The van der Waals surface area contributed by atoms with Crippen LogP contribution in [-0.4, -0.2) is 12.2 Å². The van der Waals surface area contributed by atoms with Gasteiger partial charge in [-0.05, 0) is 43.2 Å². The van der Waals surface area contributed by atoms with Crippen LogP contribution in [0.25, 0.3) is 0 Å². The molecular formula is C16H23BrO. The SMILES string of the molecule is CC(C)Cc1ccc(C(Br)C2CCC(C)O2)cc1. The molecule has 0 spiro atoms. The van der Waals surface area contributed by atoms with Gasteiger partial charge in [-0.25, -0.2) is 0 Å². The summed E-state index contributed by atoms with van der Waals surface area (Å²) in [6.07, 6.45) is 4.24. The standard InChI is InChI=1S/C16H23BrO/c1-11(2)10-13-5-7-14(8-6-13)16(17)15-9-4-12(3)18-15/h5-8,11-12,15-16H,4,9-10H2,1-3H3. The van der Waals surface area contributed by atoms with E-state index in [9.17, 15) is 0 Å². The molecule has 0 amide bonds. The summed E-state index contributed by atoms with van der Waals surface area (Å²) < 4.78 is 5.93. The van der Waals surface area contributed by atoms with Crippen LogP contribution < -0.4 is 0 Å². The molecule has 1 aliphatic rings. The summed E-state index contributed by atoms with van der Waals surface area (Å²) in [7, 11) is 0. The van der Waals surface area contributed by atoms with Crippen LogP contribution >= 0.6 is 15.9 Å². The van der Waals surface area contributed by atoms with E-state index in [1.54, 1.807) is 0 Å². The molecule has 100 valence electrons. The lowest BCUT2D eigenvalue weighted by Crippen LogP contribution is -2.14. The molecule has 0 saturated carbocycles. The number of benzene rings is 1. The molecule has 3 atom stereocenters. The molecule has 1 fully saturated rings. The van der Waals surface area contributed by atoms with E-state index < -0.39 is 0 Å². The molecule has 0 bridgehead atoms. The first-order valence-electron chi connectivity index (χ1n) is 6.94. The van der Waals surface area contributed by atoms with Crippen molar-refractivity contribution in [2.75, 3.05) is 0 Å². The summed E-state index contributed by atoms with van der Waals surface area (Å²) in [5.74, 6) is 0.717. The van der Waals surface area contributed by atoms with Crippen molar-refractivity contribution in [1.29, 1.82) is 0 Å². The lowest BCUT2D eigenvalue weighted by Gasteiger charge is -2.18. The maximum atomic E-state index is 5.93. The van der Waals surface area contributed by atoms with Gasteiger partial charge in [-0.3, -0.25) is 0 Å². The molecule has 18 heavy (non-hydrogen) atoms. The third kappa shape index (κ3) is 3.58. The van der Waals surface area contributed by atoms with Gasteiger partial charge < -0.3 is 4.74 Å². The molecule has 1 nitrogen and oxygen atoms in total. The van der Waals surface area contributed by atoms with Gasteiger partial charge in [0.1, 0.15) is 0 Å². The Morgan fingerprint density at radius 1 is 1.22 bits per heavy atom. The van der Waals surface area contributed by atoms with Gasteiger partial charge in [0, 0.05) is 0 Å². The second-order valence-corrected chi connectivity index (χ2v) is 6.79. The highest BCUT2D eigenvalue weighted by molar-refractivity contribution is 9.09. The average Bonchev–Trinajstić information content (AvgIpc) is 2.75. The minimum absolute atomic E-state index is 0.329. The molecule has 0 aliphatic carbocycles. The molecule has 1 heterocycles. The zero-order chi connectivity index (χ0) is 13.1. The van der Waals surface area contributed by atoms with Gasteiger partial charge in [-0.1, -0.05) is 54.0 Å². The van der Waals surface area contributed by atoms with Gasteiger partial charge in [0.15, 0.2) is 0 Å². The molecular weight excluding hydrogens is 288 g/mol. The van der Waals surface area contributed by atoms with Crippen LogP contribution in [0.1, 0.15) is 49.6 Å². The third-order valence-electron chi connectivity index (χ3n) is 3.53. The molecule has 1 saturated heterocycles. The Bertz CT molecular complexity index is 371. The van der Waals surface area contributed by atoms with Crippen LogP contribution in [0.15, 0.2) is 24.3 Å². The maximum Gasteiger partial charge on any atom is 0.0745 e. The Morgan fingerprint density at radius 2 is 1.89 bits per heavy atom. The van der Waals surface area contributed by atoms with Gasteiger partial charge in [0.25, 0.3) is 0 Å². The second kappa shape index (κ2) is 6.21. The van der Waals surface area contributed by atoms with E-state index in [0.29, 0.717) is 17.0 Å². The number of hydrogen-bond acceptors (Lipinski definition) is 1. The normalized spacial score (nSPS) is 25.6. The van der Waals surface area contributed by atoms with Crippen LogP contribution in [0.2, 0.25) is 0 Å². The summed E-state index contributed by atoms with van der Waals surface area (Å²) in [6.45, 7) is 6.68. The van der Waals surface area contributed by atoms with Gasteiger partial charge in [0.2, 0.25) is 0 Å². The van der Waals surface area contributed by atoms with Crippen LogP contribution in [0.3, 0.4) is 0 Å². The quantitative estimate of drug-likeness (QED) is 0.720. The van der Waals surface area contributed by atoms with Gasteiger partial charge >= 0.3 is 0 Å². The van der Waals surface area contributed by atoms with E-state index >= 15 is 0 Å². The summed E-state index contributed by atoms with van der Waals surface area (Å²) in [5, 5.41) is 0. The minimum Gasteiger partial charge on any atom is -0.374 e. The maximum absolute atomic E-state index is 5.93. The Labute approximate surface area is 119 Å². The van der Waals surface area contributed by atoms with Crippen molar-refractivity contribution in [2.45, 2.75) is 57.1 Å². The lowest BCUT2D eigenvalue weighted by molar-refractivity contribution is 0.0557. The minimum atomic E-state index is 0.329. The van der Waals surface area contributed by atoms with Crippen molar-refractivity contribution >= 4 is 15.9 Å². The largest absolute Gasteiger partial charge is 0.374 e. The van der Waals surface area contributed by atoms with Crippen molar-refractivity contribution in [2.24, 2.45) is 5.92 Å². The molecule has 1 aromatic carbocycles. The van der Waals surface area contributed by atoms with E-state index in [1.165, 1.54) is 17.5 Å². The first-order valence-corrected chi connectivity index (χ1v) is 7.86. The van der Waals surface area contributed by atoms with Gasteiger partial charge in [0.05, 0.1) is 17.0 Å². The molecule has 0 aromatic heterocycles. The van der Waals surface area contributed by atoms with Crippen molar-refractivity contribution in [3.8, 4) is 0 Å². The van der Waals surface area contributed by atoms with Crippen molar-refractivity contribution < 1.29 is 4.74 Å². The molecule has 1 aromatic rings. The predicted molar refractivity (Wildman–Crippen MR) is 80.2 cm³/mol. The monoisotopic (exact) mass is 310 g/mol. The summed E-state index contributed by atoms with van der Waals surface area (Å²) >= 11 is 3.79. The van der Waals surface area contributed by atoms with Crippen molar-refractivity contribution in [3.63, 3.8) is 0 Å². The Kier molecular flexibility index (Phi) is 4.85. The summed E-state index contributed by atoms with van der Waals surface area (Å²) in [4.78, 5) is 0.329. The third-order valence-corrected chi connectivity index (χ3v) is 4.65. The van der Waals surface area contributed by atoms with Crippen molar-refractivity contribution in [1.82, 2.24) is 0 Å². The number of alkyl halides is 1. The summed E-state index contributed by atoms with van der Waals surface area (Å²) in [5.41, 5.74) is 2.76. The number of rotatable bonds is 4. The molecule has 0 N–H and O–H groups in total. The van der Waals surface area contributed by atoms with E-state index in [-0.39, 0.29) is 0 Å². The molecule has 2 heteroatoms. The summed E-state index contributed by atoms with van der Waals surface area (Å²) in [6, 6.07) is 8.98. The van der Waals surface area contributed by atoms with Crippen molar-refractivity contribution in [3.05, 3.63) is 35.4 Å². The van der Waals surface area contributed by atoms with Gasteiger partial charge in [-0.2, -0.15) is 0 Å². The fraction of sp³-hybridized carbons (Fsp3) is 0.625. The zero-order valence-electron chi connectivity index (χ0n) is 11.5. The number of ether oxygens (including phenoxy) is 1. The van der Waals surface area contributed by atoms with Crippen LogP contribution in [-0.2, 0) is 11.2 Å². The highest BCUT2D eigenvalue weighted by atomic mass is 79.9. The molecule has 1 aliphatic heterocycles. The van der Waals surface area contributed by atoms with Crippen LogP contribution in [0, 0.1) is 5.92 Å². The van der Waals surface area contributed by atoms with E-state index in [4.69, 9.17) is 4.74 Å². The topological polar surface area (TPSA) is 9.23 Å². The van der Waals surface area contributed by atoms with E-state index in [1.807, 2.05) is 0 Å². The Balaban J connectivity index is 2.00. The Hall–Kier alpha value is -0.340. The number of halogens is 1. The average molecular weight is 311 g/mol. The van der Waals surface area contributed by atoms with Gasteiger partial charge in [-0.15, -0.1) is 0 Å². The Morgan fingerprint density at radius 3 is 2.39 bits per heavy atom. The second-order valence-electron chi connectivity index (χ2n) is 5.80. The van der Waals surface area contributed by atoms with Crippen LogP contribution in [0.4, 0.5) is 0 Å². The highest BCUT2D eigenvalue weighted by Crippen LogP contribution is 2.36. The first kappa shape index (κ1) is 14.1. The fourth-order valence-corrected chi connectivity index (χ4v) is 3.27. The molecule has 3 unspecified atom stereocenters. The molecule has 0 radical (unpaired) electrons. The van der Waals surface area contributed by atoms with E-state index in [2.05, 4.69) is 61.0 Å². The van der Waals surface area contributed by atoms with E-state index in [0.717, 1.165) is 18.8 Å². The zero-order valence-corrected chi connectivity index (χ0v) is 13.1. The number of hydrogen-bond donors (Lipinski definition) is 0. The highest BCUT2D eigenvalue weighted by Gasteiger charge is 2.28.